The Kier molecular flexibility index (Phi) is 6.09. The first kappa shape index (κ1) is 20.7. The van der Waals surface area contributed by atoms with E-state index in [9.17, 15) is 22.8 Å². The number of rotatable bonds is 6. The molecule has 3 rings (SSSR count). The van der Waals surface area contributed by atoms with Gasteiger partial charge in [-0.1, -0.05) is 42.5 Å². The number of ketones is 1. The Morgan fingerprint density at radius 1 is 1.07 bits per heavy atom. The zero-order valence-corrected chi connectivity index (χ0v) is 15.8. The number of nitrogens with two attached hydrogens (primary N) is 1. The van der Waals surface area contributed by atoms with Crippen LogP contribution in [0.2, 0.25) is 0 Å². The highest BCUT2D eigenvalue weighted by molar-refractivity contribution is 7.11. The van der Waals surface area contributed by atoms with E-state index in [0.29, 0.717) is 4.90 Å². The molecule has 1 unspecified atom stereocenters. The minimum absolute atomic E-state index is 0.00815. The van der Waals surface area contributed by atoms with Crippen LogP contribution in [0.15, 0.2) is 66.2 Å². The van der Waals surface area contributed by atoms with Gasteiger partial charge in [0.05, 0.1) is 0 Å². The van der Waals surface area contributed by atoms with Crippen molar-refractivity contribution >= 4 is 28.7 Å². The van der Waals surface area contributed by atoms with Gasteiger partial charge in [0.15, 0.2) is 5.01 Å². The Morgan fingerprint density at radius 3 is 2.24 bits per heavy atom. The fraction of sp³-hybridized carbons (Fsp3) is 0.150. The van der Waals surface area contributed by atoms with E-state index in [1.54, 1.807) is 23.6 Å². The van der Waals surface area contributed by atoms with Crippen LogP contribution < -0.4 is 10.6 Å². The van der Waals surface area contributed by atoms with Crippen LogP contribution in [0, 0.1) is 0 Å². The number of carbonyl (C=O) groups is 2. The van der Waals surface area contributed by atoms with Gasteiger partial charge in [-0.05, 0) is 23.3 Å². The van der Waals surface area contributed by atoms with Crippen molar-refractivity contribution in [3.05, 3.63) is 82.3 Å². The van der Waals surface area contributed by atoms with E-state index in [0.717, 1.165) is 16.9 Å². The number of amides is 1. The SMILES string of the molecule is NCc1ccc(C(C(=O)c2nccs2)N(C(=O)C(F)(F)F)c2ccccc2)cc1. The minimum Gasteiger partial charge on any atom is -0.326 e. The summed E-state index contributed by atoms with van der Waals surface area (Å²) in [6.07, 6.45) is -3.79. The van der Waals surface area contributed by atoms with Gasteiger partial charge in [-0.25, -0.2) is 4.98 Å². The molecule has 1 amide bonds. The molecule has 150 valence electrons. The van der Waals surface area contributed by atoms with E-state index >= 15 is 0 Å². The number of halogens is 3. The molecule has 2 N–H and O–H groups in total. The van der Waals surface area contributed by atoms with E-state index < -0.39 is 23.9 Å². The molecule has 0 fully saturated rings. The molecule has 1 aromatic heterocycles. The highest BCUT2D eigenvalue weighted by Crippen LogP contribution is 2.34. The Morgan fingerprint density at radius 2 is 1.72 bits per heavy atom. The quantitative estimate of drug-likeness (QED) is 0.610. The molecule has 0 aliphatic rings. The van der Waals surface area contributed by atoms with Gasteiger partial charge in [0, 0.05) is 23.8 Å². The maximum absolute atomic E-state index is 13.5. The van der Waals surface area contributed by atoms with Gasteiger partial charge >= 0.3 is 12.1 Å². The van der Waals surface area contributed by atoms with E-state index in [1.165, 1.54) is 42.6 Å². The van der Waals surface area contributed by atoms with Gasteiger partial charge < -0.3 is 5.73 Å². The number of alkyl halides is 3. The molecule has 0 aliphatic heterocycles. The first-order valence-electron chi connectivity index (χ1n) is 8.51. The normalized spacial score (nSPS) is 12.4. The van der Waals surface area contributed by atoms with Crippen molar-refractivity contribution < 1.29 is 22.8 Å². The summed E-state index contributed by atoms with van der Waals surface area (Å²) in [7, 11) is 0. The smallest absolute Gasteiger partial charge is 0.326 e. The van der Waals surface area contributed by atoms with Crippen LogP contribution in [0.1, 0.15) is 27.0 Å². The van der Waals surface area contributed by atoms with Crippen LogP contribution in [0.25, 0.3) is 0 Å². The summed E-state index contributed by atoms with van der Waals surface area (Å²) in [5.74, 6) is -2.84. The number of aromatic nitrogens is 1. The fourth-order valence-corrected chi connectivity index (χ4v) is 3.42. The summed E-state index contributed by atoms with van der Waals surface area (Å²) >= 11 is 0.994. The molecule has 5 nitrogen and oxygen atoms in total. The highest BCUT2D eigenvalue weighted by atomic mass is 32.1. The molecule has 0 radical (unpaired) electrons. The zero-order chi connectivity index (χ0) is 21.0. The molecule has 3 aromatic rings. The molecule has 29 heavy (non-hydrogen) atoms. The van der Waals surface area contributed by atoms with Gasteiger partial charge in [0.1, 0.15) is 6.04 Å². The average molecular weight is 419 g/mol. The maximum Gasteiger partial charge on any atom is 0.471 e. The Bertz CT molecular complexity index is 974. The number of hydrogen-bond donors (Lipinski definition) is 1. The lowest BCUT2D eigenvalue weighted by Gasteiger charge is -2.31. The second-order valence-electron chi connectivity index (χ2n) is 6.06. The fourth-order valence-electron chi connectivity index (χ4n) is 2.82. The molecule has 1 heterocycles. The van der Waals surface area contributed by atoms with Gasteiger partial charge in [0.2, 0.25) is 5.78 Å². The third kappa shape index (κ3) is 4.52. The summed E-state index contributed by atoms with van der Waals surface area (Å²) in [6, 6.07) is 12.0. The van der Waals surface area contributed by atoms with E-state index in [-0.39, 0.29) is 22.8 Å². The summed E-state index contributed by atoms with van der Waals surface area (Å²) in [4.78, 5) is 30.0. The lowest BCUT2D eigenvalue weighted by atomic mass is 9.98. The number of carbonyl (C=O) groups excluding carboxylic acids is 2. The van der Waals surface area contributed by atoms with Crippen molar-refractivity contribution in [3.8, 4) is 0 Å². The van der Waals surface area contributed by atoms with Crippen molar-refractivity contribution in [3.63, 3.8) is 0 Å². The third-order valence-corrected chi connectivity index (χ3v) is 4.96. The molecular formula is C20H16F3N3O2S. The van der Waals surface area contributed by atoms with Crippen LogP contribution in [-0.4, -0.2) is 22.9 Å². The average Bonchev–Trinajstić information content (AvgIpc) is 3.26. The van der Waals surface area contributed by atoms with Crippen molar-refractivity contribution in [1.82, 2.24) is 4.98 Å². The largest absolute Gasteiger partial charge is 0.471 e. The topological polar surface area (TPSA) is 76.3 Å². The monoisotopic (exact) mass is 419 g/mol. The van der Waals surface area contributed by atoms with E-state index in [4.69, 9.17) is 5.73 Å². The molecule has 2 aromatic carbocycles. The Labute approximate surface area is 168 Å². The number of hydrogen-bond acceptors (Lipinski definition) is 5. The first-order chi connectivity index (χ1) is 13.8. The van der Waals surface area contributed by atoms with Crippen molar-refractivity contribution in [1.29, 1.82) is 0 Å². The van der Waals surface area contributed by atoms with Crippen LogP contribution in [0.5, 0.6) is 0 Å². The Balaban J connectivity index is 2.19. The van der Waals surface area contributed by atoms with Crippen LogP contribution in [-0.2, 0) is 11.3 Å². The van der Waals surface area contributed by atoms with Gasteiger partial charge in [-0.15, -0.1) is 11.3 Å². The lowest BCUT2D eigenvalue weighted by Crippen LogP contribution is -2.46. The van der Waals surface area contributed by atoms with Gasteiger partial charge in [-0.2, -0.15) is 13.2 Å². The highest BCUT2D eigenvalue weighted by Gasteiger charge is 2.47. The van der Waals surface area contributed by atoms with Crippen molar-refractivity contribution in [2.75, 3.05) is 4.90 Å². The molecule has 1 atom stereocenters. The summed E-state index contributed by atoms with van der Waals surface area (Å²) in [5, 5.41) is 1.55. The van der Waals surface area contributed by atoms with Crippen LogP contribution >= 0.6 is 11.3 Å². The van der Waals surface area contributed by atoms with Crippen LogP contribution in [0.3, 0.4) is 0 Å². The number of anilines is 1. The molecule has 0 spiro atoms. The predicted octanol–water partition coefficient (Wildman–Crippen LogP) is 4.12. The zero-order valence-electron chi connectivity index (χ0n) is 15.0. The molecular weight excluding hydrogens is 403 g/mol. The third-order valence-electron chi connectivity index (χ3n) is 4.18. The number of nitrogens with zero attached hydrogens (tertiary/aromatic N) is 2. The second kappa shape index (κ2) is 8.54. The molecule has 9 heteroatoms. The summed E-state index contributed by atoms with van der Waals surface area (Å²) in [6.45, 7) is 0.231. The van der Waals surface area contributed by atoms with Crippen molar-refractivity contribution in [2.45, 2.75) is 18.8 Å². The lowest BCUT2D eigenvalue weighted by molar-refractivity contribution is -0.170. The predicted molar refractivity (Wildman–Crippen MR) is 104 cm³/mol. The van der Waals surface area contributed by atoms with Gasteiger partial charge in [-0.3, -0.25) is 14.5 Å². The molecule has 0 saturated heterocycles. The minimum atomic E-state index is -5.17. The van der Waals surface area contributed by atoms with Crippen LogP contribution in [0.4, 0.5) is 18.9 Å². The summed E-state index contributed by atoms with van der Waals surface area (Å²) in [5.41, 5.74) is 6.50. The molecule has 0 aliphatic carbocycles. The number of benzene rings is 2. The molecule has 0 bridgehead atoms. The second-order valence-corrected chi connectivity index (χ2v) is 6.95. The Hall–Kier alpha value is -3.04. The number of Topliss-reactive ketones (excluding diaryl/α,β-unsaturated/α-hetero) is 1. The van der Waals surface area contributed by atoms with E-state index in [1.807, 2.05) is 0 Å². The standard InChI is InChI=1S/C20H16F3N3O2S/c21-20(22,23)19(28)26(15-4-2-1-3-5-15)16(17(27)18-25-10-11-29-18)14-8-6-13(12-24)7-9-14/h1-11,16H,12,24H2. The van der Waals surface area contributed by atoms with E-state index in [2.05, 4.69) is 4.98 Å². The van der Waals surface area contributed by atoms with Crippen molar-refractivity contribution in [2.24, 2.45) is 5.73 Å². The van der Waals surface area contributed by atoms with Gasteiger partial charge in [0.25, 0.3) is 0 Å². The molecule has 0 saturated carbocycles. The first-order valence-corrected chi connectivity index (χ1v) is 9.39. The number of para-hydroxylation sites is 1. The maximum atomic E-state index is 13.5. The summed E-state index contributed by atoms with van der Waals surface area (Å²) < 4.78 is 40.4. The number of thiazole rings is 1.